The van der Waals surface area contributed by atoms with Gasteiger partial charge >= 0.3 is 0 Å². The lowest BCUT2D eigenvalue weighted by atomic mass is 10.2. The third-order valence-corrected chi connectivity index (χ3v) is 2.15. The molecule has 0 atom stereocenters. The molecule has 0 radical (unpaired) electrons. The lowest BCUT2D eigenvalue weighted by molar-refractivity contribution is -0.384. The zero-order valence-corrected chi connectivity index (χ0v) is 9.38. The minimum Gasteiger partial charge on any atom is -0.370 e. The summed E-state index contributed by atoms with van der Waals surface area (Å²) in [6.45, 7) is 1.74. The van der Waals surface area contributed by atoms with E-state index in [0.29, 0.717) is 5.82 Å². The normalized spacial score (nSPS) is 10.3. The fraction of sp³-hybridized carbons (Fsp3) is 0.200. The topological polar surface area (TPSA) is 94.1 Å². The van der Waals surface area contributed by atoms with Gasteiger partial charge in [0.05, 0.1) is 11.5 Å². The van der Waals surface area contributed by atoms with Gasteiger partial charge in [-0.1, -0.05) is 5.16 Å². The smallest absolute Gasteiger partial charge is 0.292 e. The summed E-state index contributed by atoms with van der Waals surface area (Å²) in [5, 5.41) is 17.0. The molecular weight excluding hydrogens is 243 g/mol. The van der Waals surface area contributed by atoms with Gasteiger partial charge in [-0.25, -0.2) is 4.39 Å². The molecule has 0 saturated carbocycles. The molecule has 0 aliphatic carbocycles. The largest absolute Gasteiger partial charge is 0.370 e. The van der Waals surface area contributed by atoms with Crippen LogP contribution >= 0.6 is 0 Å². The van der Waals surface area contributed by atoms with Crippen molar-refractivity contribution in [3.8, 4) is 0 Å². The molecule has 1 aromatic carbocycles. The molecule has 1 aromatic heterocycles. The van der Waals surface area contributed by atoms with Crippen LogP contribution in [0.1, 0.15) is 11.7 Å². The molecule has 2 aromatic rings. The second kappa shape index (κ2) is 4.78. The molecule has 0 unspecified atom stereocenters. The highest BCUT2D eigenvalue weighted by Crippen LogP contribution is 2.25. The predicted octanol–water partition coefficient (Wildman–Crippen LogP) is 2.04. The van der Waals surface area contributed by atoms with Crippen LogP contribution in [-0.2, 0) is 6.54 Å². The first-order valence-corrected chi connectivity index (χ1v) is 5.03. The molecule has 2 rings (SSSR count). The number of nitro benzene ring substituents is 1. The molecule has 0 amide bonds. The number of hydrogen-bond acceptors (Lipinski definition) is 6. The van der Waals surface area contributed by atoms with Gasteiger partial charge in [0.15, 0.2) is 5.82 Å². The number of anilines is 1. The lowest BCUT2D eigenvalue weighted by Gasteiger charge is -2.04. The van der Waals surface area contributed by atoms with Crippen molar-refractivity contribution in [2.45, 2.75) is 13.5 Å². The Balaban J connectivity index is 2.17. The standard InChI is InChI=1S/C10H9FN4O3/c1-6-13-10(18-14-6)5-12-8-4-7(11)2-3-9(8)15(16)17/h2-4,12H,5H2,1H3. The van der Waals surface area contributed by atoms with E-state index >= 15 is 0 Å². The van der Waals surface area contributed by atoms with E-state index in [9.17, 15) is 14.5 Å². The van der Waals surface area contributed by atoms with Gasteiger partial charge in [-0.3, -0.25) is 10.1 Å². The van der Waals surface area contributed by atoms with Crippen LogP contribution in [0.15, 0.2) is 22.7 Å². The van der Waals surface area contributed by atoms with Crippen molar-refractivity contribution in [2.24, 2.45) is 0 Å². The first-order chi connectivity index (χ1) is 8.56. The molecule has 0 saturated heterocycles. The molecule has 8 heteroatoms. The summed E-state index contributed by atoms with van der Waals surface area (Å²) in [6, 6.07) is 3.16. The van der Waals surface area contributed by atoms with Gasteiger partial charge in [-0.2, -0.15) is 4.98 Å². The first-order valence-electron chi connectivity index (χ1n) is 5.03. The van der Waals surface area contributed by atoms with Gasteiger partial charge in [0, 0.05) is 12.1 Å². The van der Waals surface area contributed by atoms with Crippen LogP contribution in [-0.4, -0.2) is 15.1 Å². The maximum atomic E-state index is 13.0. The summed E-state index contributed by atoms with van der Waals surface area (Å²) in [4.78, 5) is 14.1. The number of nitro groups is 1. The maximum Gasteiger partial charge on any atom is 0.292 e. The summed E-state index contributed by atoms with van der Waals surface area (Å²) >= 11 is 0. The van der Waals surface area contributed by atoms with E-state index < -0.39 is 10.7 Å². The quantitative estimate of drug-likeness (QED) is 0.660. The Morgan fingerprint density at radius 3 is 2.94 bits per heavy atom. The van der Waals surface area contributed by atoms with E-state index in [4.69, 9.17) is 4.52 Å². The van der Waals surface area contributed by atoms with Crippen LogP contribution < -0.4 is 5.32 Å². The highest BCUT2D eigenvalue weighted by atomic mass is 19.1. The van der Waals surface area contributed by atoms with E-state index in [1.54, 1.807) is 6.92 Å². The number of aromatic nitrogens is 2. The summed E-state index contributed by atoms with van der Waals surface area (Å²) in [6.07, 6.45) is 0. The molecule has 0 spiro atoms. The Morgan fingerprint density at radius 2 is 2.33 bits per heavy atom. The van der Waals surface area contributed by atoms with Crippen molar-refractivity contribution in [1.29, 1.82) is 0 Å². The molecular formula is C10H9FN4O3. The molecule has 0 bridgehead atoms. The Bertz CT molecular complexity index is 584. The number of nitrogens with zero attached hydrogens (tertiary/aromatic N) is 3. The third-order valence-electron chi connectivity index (χ3n) is 2.15. The number of hydrogen-bond donors (Lipinski definition) is 1. The first kappa shape index (κ1) is 12.0. The molecule has 94 valence electrons. The van der Waals surface area contributed by atoms with Crippen LogP contribution in [0.2, 0.25) is 0 Å². The van der Waals surface area contributed by atoms with Crippen LogP contribution in [0.5, 0.6) is 0 Å². The number of aryl methyl sites for hydroxylation is 1. The lowest BCUT2D eigenvalue weighted by Crippen LogP contribution is -2.03. The van der Waals surface area contributed by atoms with E-state index in [0.717, 1.165) is 18.2 Å². The molecule has 7 nitrogen and oxygen atoms in total. The van der Waals surface area contributed by atoms with Crippen molar-refractivity contribution in [3.63, 3.8) is 0 Å². The van der Waals surface area contributed by atoms with Gasteiger partial charge in [0.1, 0.15) is 11.5 Å². The van der Waals surface area contributed by atoms with Gasteiger partial charge < -0.3 is 9.84 Å². The van der Waals surface area contributed by atoms with Gasteiger partial charge in [0.2, 0.25) is 5.89 Å². The van der Waals surface area contributed by atoms with Crippen molar-refractivity contribution in [3.05, 3.63) is 45.8 Å². The summed E-state index contributed by atoms with van der Waals surface area (Å²) in [5.41, 5.74) is -0.150. The maximum absolute atomic E-state index is 13.0. The predicted molar refractivity (Wildman–Crippen MR) is 59.4 cm³/mol. The Kier molecular flexibility index (Phi) is 3.18. The van der Waals surface area contributed by atoms with E-state index in [-0.39, 0.29) is 23.8 Å². The Morgan fingerprint density at radius 1 is 1.56 bits per heavy atom. The van der Waals surface area contributed by atoms with Crippen LogP contribution in [0.4, 0.5) is 15.8 Å². The second-order valence-electron chi connectivity index (χ2n) is 3.51. The Hall–Kier alpha value is -2.51. The zero-order valence-electron chi connectivity index (χ0n) is 9.38. The molecule has 0 aliphatic heterocycles. The summed E-state index contributed by atoms with van der Waals surface area (Å²) < 4.78 is 17.9. The number of benzene rings is 1. The third kappa shape index (κ3) is 2.59. The SMILES string of the molecule is Cc1noc(CNc2cc(F)ccc2[N+](=O)[O-])n1. The van der Waals surface area contributed by atoms with Crippen molar-refractivity contribution < 1.29 is 13.8 Å². The van der Waals surface area contributed by atoms with Gasteiger partial charge in [0.25, 0.3) is 5.69 Å². The highest BCUT2D eigenvalue weighted by Gasteiger charge is 2.15. The van der Waals surface area contributed by atoms with E-state index in [2.05, 4.69) is 15.5 Å². The van der Waals surface area contributed by atoms with Crippen molar-refractivity contribution in [2.75, 3.05) is 5.32 Å². The zero-order chi connectivity index (χ0) is 13.1. The molecule has 1 heterocycles. The van der Waals surface area contributed by atoms with Crippen molar-refractivity contribution >= 4 is 11.4 Å². The average Bonchev–Trinajstić information content (AvgIpc) is 2.72. The minimum absolute atomic E-state index is 0.0656. The van der Waals surface area contributed by atoms with Crippen LogP contribution in [0.3, 0.4) is 0 Å². The number of nitrogens with one attached hydrogen (secondary N) is 1. The summed E-state index contributed by atoms with van der Waals surface area (Å²) in [5.74, 6) is 0.163. The minimum atomic E-state index is -0.596. The molecule has 0 aliphatic rings. The molecule has 18 heavy (non-hydrogen) atoms. The second-order valence-corrected chi connectivity index (χ2v) is 3.51. The summed E-state index contributed by atoms with van der Waals surface area (Å²) in [7, 11) is 0. The van der Waals surface area contributed by atoms with Crippen LogP contribution in [0.25, 0.3) is 0 Å². The number of halogens is 1. The number of rotatable bonds is 4. The van der Waals surface area contributed by atoms with Gasteiger partial charge in [-0.15, -0.1) is 0 Å². The monoisotopic (exact) mass is 252 g/mol. The Labute approximate surface area is 101 Å². The average molecular weight is 252 g/mol. The van der Waals surface area contributed by atoms with Gasteiger partial charge in [-0.05, 0) is 13.0 Å². The highest BCUT2D eigenvalue weighted by molar-refractivity contribution is 5.61. The molecule has 0 fully saturated rings. The van der Waals surface area contributed by atoms with Crippen molar-refractivity contribution in [1.82, 2.24) is 10.1 Å². The van der Waals surface area contributed by atoms with Crippen LogP contribution in [0, 0.1) is 22.9 Å². The van der Waals surface area contributed by atoms with E-state index in [1.807, 2.05) is 0 Å². The fourth-order valence-electron chi connectivity index (χ4n) is 1.39. The van der Waals surface area contributed by atoms with E-state index in [1.165, 1.54) is 0 Å². The molecule has 1 N–H and O–H groups in total. The fourth-order valence-corrected chi connectivity index (χ4v) is 1.39.